The molecule has 0 heterocycles. The summed E-state index contributed by atoms with van der Waals surface area (Å²) in [5.74, 6) is 0. The Morgan fingerprint density at radius 1 is 1.25 bits per heavy atom. The van der Waals surface area contributed by atoms with Crippen LogP contribution < -0.4 is 34.2 Å². The van der Waals surface area contributed by atoms with Crippen LogP contribution in [0.25, 0.3) is 0 Å². The molecule has 4 heteroatoms. The van der Waals surface area contributed by atoms with Crippen LogP contribution in [0.2, 0.25) is 0 Å². The van der Waals surface area contributed by atoms with E-state index >= 15 is 0 Å². The summed E-state index contributed by atoms with van der Waals surface area (Å²) in [6.07, 6.45) is 0. The van der Waals surface area contributed by atoms with Crippen molar-refractivity contribution in [2.45, 2.75) is 0 Å². The fourth-order valence-corrected chi connectivity index (χ4v) is 0. The van der Waals surface area contributed by atoms with Gasteiger partial charge >= 0.3 is 29.6 Å². The van der Waals surface area contributed by atoms with E-state index < -0.39 is 0 Å². The van der Waals surface area contributed by atoms with E-state index in [1.54, 1.807) is 0 Å². The summed E-state index contributed by atoms with van der Waals surface area (Å²) in [6, 6.07) is 0. The monoisotopic (exact) mass is 271 g/mol. The fourth-order valence-electron chi connectivity index (χ4n) is 0. The Morgan fingerprint density at radius 2 is 1.25 bits per heavy atom. The van der Waals surface area contributed by atoms with Crippen LogP contribution in [-0.4, -0.2) is 0 Å². The molecule has 0 rings (SSSR count). The van der Waals surface area contributed by atoms with Gasteiger partial charge in [-0.3, -0.25) is 0 Å². The Morgan fingerprint density at radius 3 is 1.25 bits per heavy atom. The quantitative estimate of drug-likeness (QED) is 0.419. The van der Waals surface area contributed by atoms with Gasteiger partial charge in [-0.1, -0.05) is 0 Å². The predicted octanol–water partition coefficient (Wildman–Crippen LogP) is -3.50. The van der Waals surface area contributed by atoms with Crippen molar-refractivity contribution in [2.75, 3.05) is 0 Å². The van der Waals surface area contributed by atoms with Gasteiger partial charge in [-0.15, -0.1) is 0 Å². The van der Waals surface area contributed by atoms with Gasteiger partial charge in [-0.05, 0) is 0 Å². The summed E-state index contributed by atoms with van der Waals surface area (Å²) < 4.78 is 7.72. The zero-order valence-electron chi connectivity index (χ0n) is 2.09. The molecule has 0 spiro atoms. The van der Waals surface area contributed by atoms with Crippen LogP contribution >= 0.6 is 11.9 Å². The van der Waals surface area contributed by atoms with Crippen LogP contribution in [-0.2, 0) is 22.4 Å². The van der Waals surface area contributed by atoms with Gasteiger partial charge < -0.3 is 4.66 Å². The van der Waals surface area contributed by atoms with E-state index in [0.717, 1.165) is 0 Å². The molecule has 0 aromatic carbocycles. The molecule has 0 amide bonds. The average Bonchev–Trinajstić information content (AvgIpc) is 1.00. The van der Waals surface area contributed by atoms with Gasteiger partial charge in [-0.25, -0.2) is 11.9 Å². The molecule has 1 nitrogen and oxygen atoms in total. The maximum absolute atomic E-state index is 7.72. The van der Waals surface area contributed by atoms with Crippen LogP contribution in [0.4, 0.5) is 0 Å². The molecule has 4 heavy (non-hydrogen) atoms. The molecule has 0 aromatic heterocycles. The molecule has 25 valence electrons. The standard InChI is InChI=1S/Au.ClO.Na/c;1-2;/q;-1;+1. The van der Waals surface area contributed by atoms with Crippen LogP contribution in [0.15, 0.2) is 0 Å². The van der Waals surface area contributed by atoms with Gasteiger partial charge in [0.25, 0.3) is 0 Å². The summed E-state index contributed by atoms with van der Waals surface area (Å²) >= 11 is 3.39. The minimum atomic E-state index is 0. The first kappa shape index (κ1) is 16.7. The zero-order valence-corrected chi connectivity index (χ0v) is 7.01. The third kappa shape index (κ3) is 9.01. The molecular formula is AuClNaO. The van der Waals surface area contributed by atoms with E-state index in [0.29, 0.717) is 0 Å². The molecule has 0 bridgehead atoms. The minimum absolute atomic E-state index is 0. The smallest absolute Gasteiger partial charge is 0.769 e. The first-order valence-corrected chi connectivity index (χ1v) is 0.463. The molecule has 1 radical (unpaired) electrons. The van der Waals surface area contributed by atoms with Crippen molar-refractivity contribution in [2.24, 2.45) is 0 Å². The fraction of sp³-hybridized carbons (Fsp3) is 0. The van der Waals surface area contributed by atoms with E-state index in [2.05, 4.69) is 11.9 Å². The second kappa shape index (κ2) is 20.1. The number of hydrogen-bond donors (Lipinski definition) is 0. The first-order valence-electron chi connectivity index (χ1n) is 0.154. The Kier molecular flexibility index (Phi) is 83.7. The topological polar surface area (TPSA) is 23.1 Å². The average molecular weight is 271 g/mol. The van der Waals surface area contributed by atoms with Crippen LogP contribution in [0.1, 0.15) is 0 Å². The molecule has 0 aliphatic heterocycles. The molecule has 0 aliphatic carbocycles. The van der Waals surface area contributed by atoms with Gasteiger partial charge in [0.05, 0.1) is 0 Å². The third-order valence-corrected chi connectivity index (χ3v) is 0. The Balaban J connectivity index is -0.00000000500. The largest absolute Gasteiger partial charge is 1.00 e. The van der Waals surface area contributed by atoms with E-state index in [1.165, 1.54) is 0 Å². The van der Waals surface area contributed by atoms with Gasteiger partial charge in [0.1, 0.15) is 0 Å². The molecule has 0 aliphatic rings. The first-order chi connectivity index (χ1) is 1.00. The summed E-state index contributed by atoms with van der Waals surface area (Å²) in [5, 5.41) is 0. The molecular weight excluding hydrogens is 271 g/mol. The van der Waals surface area contributed by atoms with Gasteiger partial charge in [0.15, 0.2) is 0 Å². The third-order valence-electron chi connectivity index (χ3n) is 0. The minimum Gasteiger partial charge on any atom is -0.769 e. The van der Waals surface area contributed by atoms with Crippen molar-refractivity contribution >= 4 is 11.9 Å². The summed E-state index contributed by atoms with van der Waals surface area (Å²) in [7, 11) is 0. The van der Waals surface area contributed by atoms with Crippen molar-refractivity contribution in [3.05, 3.63) is 0 Å². The second-order valence-electron chi connectivity index (χ2n) is 0. The van der Waals surface area contributed by atoms with E-state index in [9.17, 15) is 0 Å². The summed E-state index contributed by atoms with van der Waals surface area (Å²) in [5.41, 5.74) is 0. The number of hydrogen-bond acceptors (Lipinski definition) is 1. The summed E-state index contributed by atoms with van der Waals surface area (Å²) in [4.78, 5) is 0. The normalized spacial score (nSPS) is 1.50. The van der Waals surface area contributed by atoms with E-state index in [1.807, 2.05) is 0 Å². The predicted molar refractivity (Wildman–Crippen MR) is 5.85 cm³/mol. The van der Waals surface area contributed by atoms with Crippen molar-refractivity contribution in [1.29, 1.82) is 0 Å². The Bertz CT molecular complexity index is 8.00. The second-order valence-corrected chi connectivity index (χ2v) is 0. The number of rotatable bonds is 0. The maximum atomic E-state index is 7.72. The Hall–Kier alpha value is 1.99. The van der Waals surface area contributed by atoms with E-state index in [-0.39, 0.29) is 51.9 Å². The van der Waals surface area contributed by atoms with Crippen LogP contribution in [0.5, 0.6) is 0 Å². The zero-order chi connectivity index (χ0) is 2.00. The van der Waals surface area contributed by atoms with Crippen LogP contribution in [0.3, 0.4) is 0 Å². The molecule has 0 atom stereocenters. The number of halogens is 1. The molecule has 0 fully saturated rings. The SMILES string of the molecule is [Au].[Na+].[O-]Cl. The van der Waals surface area contributed by atoms with Crippen molar-refractivity contribution in [1.82, 2.24) is 0 Å². The van der Waals surface area contributed by atoms with Crippen LogP contribution in [0, 0.1) is 0 Å². The van der Waals surface area contributed by atoms with Crippen molar-refractivity contribution in [3.63, 3.8) is 0 Å². The molecule has 0 aromatic rings. The van der Waals surface area contributed by atoms with Gasteiger partial charge in [0, 0.05) is 22.4 Å². The maximum Gasteiger partial charge on any atom is 1.00 e. The van der Waals surface area contributed by atoms with Crippen molar-refractivity contribution in [3.8, 4) is 0 Å². The molecule has 0 N–H and O–H groups in total. The Labute approximate surface area is 67.7 Å². The molecule has 0 saturated carbocycles. The summed E-state index contributed by atoms with van der Waals surface area (Å²) in [6.45, 7) is 0. The van der Waals surface area contributed by atoms with E-state index in [4.69, 9.17) is 4.66 Å². The van der Waals surface area contributed by atoms with Gasteiger partial charge in [0.2, 0.25) is 0 Å². The molecule has 0 unspecified atom stereocenters. The van der Waals surface area contributed by atoms with Crippen molar-refractivity contribution < 1.29 is 56.6 Å². The van der Waals surface area contributed by atoms with Gasteiger partial charge in [-0.2, -0.15) is 0 Å². The molecule has 0 saturated heterocycles.